The van der Waals surface area contributed by atoms with Gasteiger partial charge in [-0.15, -0.1) is 0 Å². The molecule has 9 atom stereocenters. The lowest BCUT2D eigenvalue weighted by atomic mass is 9.82. The fourth-order valence-corrected chi connectivity index (χ4v) is 13.6. The van der Waals surface area contributed by atoms with Crippen molar-refractivity contribution < 1.29 is 92.7 Å². The number of phenolic OH excluding ortho intramolecular Hbond substituents is 4. The van der Waals surface area contributed by atoms with E-state index in [2.05, 4.69) is 63.5 Å². The number of nitrogens with two attached hydrogens (primary N) is 2. The number of likely N-dealkylation sites (tertiary alicyclic amines) is 1. The summed E-state index contributed by atoms with van der Waals surface area (Å²) in [5.74, 6) is -14.8. The van der Waals surface area contributed by atoms with Gasteiger partial charge in [0.1, 0.15) is 77.4 Å². The second-order valence-electron chi connectivity index (χ2n) is 28.1. The monoisotopic (exact) mass is 1540 g/mol. The molecule has 35 heteroatoms. The Morgan fingerprint density at radius 1 is 0.562 bits per heavy atom. The normalized spacial score (nSPS) is 16.1. The Morgan fingerprint density at radius 2 is 1.12 bits per heavy atom. The molecule has 1 aliphatic carbocycles. The van der Waals surface area contributed by atoms with Crippen LogP contribution >= 0.6 is 0 Å². The van der Waals surface area contributed by atoms with Crippen LogP contribution < -0.4 is 70.0 Å². The fraction of sp³-hybridized carbons (Fsp3) is 0.390. The van der Waals surface area contributed by atoms with E-state index in [0.717, 1.165) is 24.3 Å². The van der Waals surface area contributed by atoms with Gasteiger partial charge in [0.15, 0.2) is 11.7 Å². The maximum absolute atomic E-state index is 15.2. The van der Waals surface area contributed by atoms with E-state index in [1.807, 2.05) is 0 Å². The first-order valence-electron chi connectivity index (χ1n) is 36.6. The number of fused-ring (bicyclic) bond motifs is 3. The van der Waals surface area contributed by atoms with Crippen LogP contribution in [-0.2, 0) is 72.0 Å². The number of guanidine groups is 1. The van der Waals surface area contributed by atoms with E-state index in [1.165, 1.54) is 29.2 Å². The van der Waals surface area contributed by atoms with Crippen molar-refractivity contribution >= 4 is 99.3 Å². The molecule has 35 nitrogen and oxygen atoms in total. The minimum atomic E-state index is -1.88. The molecule has 0 saturated carbocycles. The number of aromatic amines is 1. The summed E-state index contributed by atoms with van der Waals surface area (Å²) in [5, 5.41) is 90.2. The molecule has 0 bridgehead atoms. The van der Waals surface area contributed by atoms with Crippen molar-refractivity contribution in [1.29, 1.82) is 5.41 Å². The van der Waals surface area contributed by atoms with Gasteiger partial charge >= 0.3 is 0 Å². The summed E-state index contributed by atoms with van der Waals surface area (Å²) in [7, 11) is 0. The number of hydrogen-bond donors (Lipinski definition) is 20. The van der Waals surface area contributed by atoms with Crippen molar-refractivity contribution in [1.82, 2.24) is 68.4 Å². The highest BCUT2D eigenvalue weighted by molar-refractivity contribution is 6.31. The summed E-state index contributed by atoms with van der Waals surface area (Å²) >= 11 is 0. The first-order valence-corrected chi connectivity index (χ1v) is 36.6. The van der Waals surface area contributed by atoms with Gasteiger partial charge in [-0.3, -0.25) is 72.5 Å². The van der Waals surface area contributed by atoms with Gasteiger partial charge in [-0.1, -0.05) is 74.5 Å². The van der Waals surface area contributed by atoms with Crippen LogP contribution in [0.1, 0.15) is 137 Å². The maximum atomic E-state index is 15.2. The van der Waals surface area contributed by atoms with E-state index in [-0.39, 0.29) is 125 Å². The van der Waals surface area contributed by atoms with Crippen LogP contribution in [0.5, 0.6) is 23.0 Å². The van der Waals surface area contributed by atoms with Crippen LogP contribution in [0.25, 0.3) is 10.9 Å². The lowest BCUT2D eigenvalue weighted by Crippen LogP contribution is -2.61. The van der Waals surface area contributed by atoms with Gasteiger partial charge < -0.3 is 105 Å². The Labute approximate surface area is 641 Å². The summed E-state index contributed by atoms with van der Waals surface area (Å²) in [6, 6.07) is 12.0. The van der Waals surface area contributed by atoms with Crippen LogP contribution in [0.2, 0.25) is 0 Å². The third-order valence-corrected chi connectivity index (χ3v) is 19.3. The number of nitrogens with zero attached hydrogens (tertiary/aromatic N) is 1. The van der Waals surface area contributed by atoms with Crippen molar-refractivity contribution in [3.8, 4) is 23.0 Å². The summed E-state index contributed by atoms with van der Waals surface area (Å²) in [6.45, 7) is 1.83. The second kappa shape index (κ2) is 38.4. The van der Waals surface area contributed by atoms with E-state index in [1.54, 1.807) is 74.6 Å². The molecule has 5 aromatic carbocycles. The average Bonchev–Trinajstić information content (AvgIpc) is 0.874. The van der Waals surface area contributed by atoms with E-state index in [9.17, 15) is 83.1 Å². The first-order chi connectivity index (χ1) is 53.5. The molecule has 112 heavy (non-hydrogen) atoms. The topological polar surface area (TPSA) is 567 Å². The van der Waals surface area contributed by atoms with Crippen LogP contribution in [-0.4, -0.2) is 211 Å². The number of aliphatic hydroxyl groups excluding tert-OH is 1. The lowest BCUT2D eigenvalue weighted by Gasteiger charge is -2.31. The van der Waals surface area contributed by atoms with Crippen molar-refractivity contribution in [2.24, 2.45) is 17.4 Å². The molecule has 594 valence electrons. The Balaban J connectivity index is 0.976. The number of amides is 12. The molecule has 2 fully saturated rings. The van der Waals surface area contributed by atoms with Crippen molar-refractivity contribution in [2.75, 3.05) is 32.8 Å². The number of ketones is 2. The number of carbonyl (C=O) groups is 14. The highest BCUT2D eigenvalue weighted by atomic mass is 16.3. The third kappa shape index (κ3) is 21.9. The van der Waals surface area contributed by atoms with E-state index >= 15 is 9.59 Å². The van der Waals surface area contributed by atoms with Crippen LogP contribution in [0.3, 0.4) is 0 Å². The number of primary amides is 1. The minimum absolute atomic E-state index is 0.0251. The zero-order valence-corrected chi connectivity index (χ0v) is 61.4. The number of nitrogens with one attached hydrogen (secondary N) is 13. The maximum Gasteiger partial charge on any atom is 0.251 e. The molecular weight excluding hydrogens is 1450 g/mol. The largest absolute Gasteiger partial charge is 0.508 e. The molecule has 22 N–H and O–H groups in total. The molecule has 2 aliphatic heterocycles. The number of H-pyrrole nitrogens is 1. The average molecular weight is 1550 g/mol. The van der Waals surface area contributed by atoms with Gasteiger partial charge in [0.25, 0.3) is 5.91 Å². The quantitative estimate of drug-likeness (QED) is 0.0126. The molecule has 1 aromatic heterocycles. The van der Waals surface area contributed by atoms with Gasteiger partial charge in [0.2, 0.25) is 70.8 Å². The van der Waals surface area contributed by atoms with Crippen LogP contribution in [0, 0.1) is 11.3 Å². The molecule has 12 amide bonds. The highest BCUT2D eigenvalue weighted by Gasteiger charge is 2.41. The minimum Gasteiger partial charge on any atom is -0.508 e. The molecule has 2 saturated heterocycles. The molecular formula is C77H92N16O19. The number of aromatic hydroxyl groups is 4. The van der Waals surface area contributed by atoms with Crippen LogP contribution in [0.4, 0.5) is 0 Å². The number of hydrogen-bond acceptors (Lipinski definition) is 20. The number of unbranched alkanes of at least 4 members (excludes halogenated alkanes) is 1. The van der Waals surface area contributed by atoms with Gasteiger partial charge in [-0.2, -0.15) is 0 Å². The molecule has 0 unspecified atom stereocenters. The van der Waals surface area contributed by atoms with Gasteiger partial charge in [0, 0.05) is 85.2 Å². The second-order valence-corrected chi connectivity index (χ2v) is 28.1. The number of aliphatic hydroxyl groups is 1. The number of para-hydroxylation sites is 1. The molecule has 0 radical (unpaired) electrons. The van der Waals surface area contributed by atoms with Crippen LogP contribution in [0.15, 0.2) is 109 Å². The zero-order valence-electron chi connectivity index (χ0n) is 61.4. The van der Waals surface area contributed by atoms with Crippen molar-refractivity contribution in [2.45, 2.75) is 152 Å². The number of aromatic nitrogens is 1. The first kappa shape index (κ1) is 83.1. The summed E-state index contributed by atoms with van der Waals surface area (Å²) in [6.07, 6.45) is 1.43. The molecule has 3 aliphatic rings. The standard InChI is InChI=1S/C77H92N16O19/c1-39(2)28-53(70(106)87-52(17-10-26-82-77(79)80)76(112)93-27-11-18-58(93)75(111)84-37-61(78)99)88-68(104)50(16-8-9-25-81-67(103)42-31-47-63(59(97)33-42)66(102)64-48(65(47)101)34-45(96)35-60(64)98)86-71(107)55(30-41-19-21-44(95)22-20-41)90-74(110)57(38-94)92-73(109)56(32-43-36-83-49-15-7-6-14-46(43)49)91-72(108)54(29-40-12-4-3-5-13-40)89-69(105)51-23-24-62(100)85-51/h3-7,12-15,19-22,31,33-36,39,50-58,83,94-98H,8-11,16-18,23-30,32,37-38H2,1-2H3,(H2,78,99)(H,81,103)(H,84,111)(H,85,100)(H,86,107)(H,87,106)(H,88,104)(H,89,105)(H,90,110)(H,91,108)(H,92,109)(H4,79,80,82)/t50-,51-,52+,53+,54-,55+,56-,57+,58+/m1/s1. The van der Waals surface area contributed by atoms with Gasteiger partial charge in [-0.25, -0.2) is 0 Å². The SMILES string of the molecule is CC(C)C[C@H](NC(=O)[C@@H](CCCCNC(=O)c1cc(O)c2c(c1)C(=O)c1cc(O)cc(O)c1C2=O)NC(=O)[C@H](Cc1ccc(O)cc1)NC(=O)[C@H](CO)NC(=O)[C@@H](Cc1c[nH]c2ccccc12)NC(=O)[C@@H](Cc1ccccc1)NC(=O)[C@H]1CCC(=O)N1)C(=O)N[C@@H](CCCNC(=N)N)C(=O)N1CCC[C@H]1C(=O)NCC(N)=O. The zero-order chi connectivity index (χ0) is 81.0. The summed E-state index contributed by atoms with van der Waals surface area (Å²) in [4.78, 5) is 200. The number of benzene rings is 5. The highest BCUT2D eigenvalue weighted by Crippen LogP contribution is 2.39. The smallest absolute Gasteiger partial charge is 0.251 e. The Morgan fingerprint density at radius 3 is 1.78 bits per heavy atom. The Hall–Kier alpha value is -12.9. The van der Waals surface area contributed by atoms with Crippen molar-refractivity contribution in [3.05, 3.63) is 154 Å². The van der Waals surface area contributed by atoms with E-state index in [0.29, 0.717) is 34.0 Å². The number of carbonyl (C=O) groups excluding carboxylic acids is 14. The third-order valence-electron chi connectivity index (χ3n) is 19.3. The van der Waals surface area contributed by atoms with Gasteiger partial charge in [-0.05, 0) is 117 Å². The fourth-order valence-electron chi connectivity index (χ4n) is 13.6. The molecule has 9 rings (SSSR count). The molecule has 0 spiro atoms. The molecule has 3 heterocycles. The van der Waals surface area contributed by atoms with Gasteiger partial charge in [0.05, 0.1) is 24.3 Å². The molecule has 6 aromatic rings. The Kier molecular flexibility index (Phi) is 28.5. The number of rotatable bonds is 37. The predicted octanol–water partition coefficient (Wildman–Crippen LogP) is -1.04. The number of phenols is 4. The Bertz CT molecular complexity index is 4570. The van der Waals surface area contributed by atoms with E-state index < -0.39 is 184 Å². The predicted molar refractivity (Wildman–Crippen MR) is 402 cm³/mol. The van der Waals surface area contributed by atoms with E-state index in [4.69, 9.17) is 16.9 Å². The summed E-state index contributed by atoms with van der Waals surface area (Å²) < 4.78 is 0. The summed E-state index contributed by atoms with van der Waals surface area (Å²) in [5.41, 5.74) is 10.9. The van der Waals surface area contributed by atoms with Crippen molar-refractivity contribution in [3.63, 3.8) is 0 Å². The lowest BCUT2D eigenvalue weighted by molar-refractivity contribution is -0.142.